The van der Waals surface area contributed by atoms with E-state index >= 15 is 0 Å². The van der Waals surface area contributed by atoms with Crippen LogP contribution in [0.15, 0.2) is 48.5 Å². The van der Waals surface area contributed by atoms with Gasteiger partial charge in [-0.15, -0.1) is 0 Å². The van der Waals surface area contributed by atoms with Gasteiger partial charge in [0.15, 0.2) is 0 Å². The van der Waals surface area contributed by atoms with Crippen LogP contribution in [0.1, 0.15) is 11.6 Å². The molecule has 3 rings (SSSR count). The summed E-state index contributed by atoms with van der Waals surface area (Å²) in [4.78, 5) is 31.5. The van der Waals surface area contributed by atoms with E-state index in [1.54, 1.807) is 24.3 Å². The highest BCUT2D eigenvalue weighted by Gasteiger charge is 2.25. The van der Waals surface area contributed by atoms with E-state index in [2.05, 4.69) is 56.6 Å². The van der Waals surface area contributed by atoms with Crippen molar-refractivity contribution >= 4 is 34.8 Å². The van der Waals surface area contributed by atoms with Gasteiger partial charge in [-0.25, -0.2) is 0 Å². The fraction of sp³-hybridized carbons (Fsp3) is 0.391. The number of benzene rings is 2. The van der Waals surface area contributed by atoms with E-state index in [-0.39, 0.29) is 6.04 Å². The molecule has 2 aromatic rings. The Hall–Kier alpha value is -2.61. The second-order valence-corrected chi connectivity index (χ2v) is 8.45. The number of likely N-dealkylation sites (N-methyl/N-ethyl adjacent to an activating group) is 1. The van der Waals surface area contributed by atoms with Crippen molar-refractivity contribution in [2.75, 3.05) is 64.1 Å². The quantitative estimate of drug-likeness (QED) is 0.671. The van der Waals surface area contributed by atoms with Crippen LogP contribution >= 0.6 is 11.6 Å². The predicted octanol–water partition coefficient (Wildman–Crippen LogP) is 2.45. The van der Waals surface area contributed by atoms with Crippen LogP contribution in [0.25, 0.3) is 0 Å². The van der Waals surface area contributed by atoms with Crippen molar-refractivity contribution in [2.45, 2.75) is 6.04 Å². The Bertz CT molecular complexity index is 878. The van der Waals surface area contributed by atoms with E-state index in [0.717, 1.165) is 37.4 Å². The van der Waals surface area contributed by atoms with Gasteiger partial charge in [-0.2, -0.15) is 0 Å². The maximum absolute atomic E-state index is 12.4. The van der Waals surface area contributed by atoms with Gasteiger partial charge in [0.1, 0.15) is 0 Å². The van der Waals surface area contributed by atoms with Gasteiger partial charge in [-0.3, -0.25) is 14.5 Å². The molecule has 1 fully saturated rings. The van der Waals surface area contributed by atoms with Crippen molar-refractivity contribution in [3.63, 3.8) is 0 Å². The van der Waals surface area contributed by atoms with Crippen LogP contribution in [0, 0.1) is 0 Å². The average molecular weight is 444 g/mol. The molecule has 7 nitrogen and oxygen atoms in total. The molecule has 2 N–H and O–H groups in total. The first kappa shape index (κ1) is 23.1. The van der Waals surface area contributed by atoms with Gasteiger partial charge >= 0.3 is 11.8 Å². The molecule has 1 saturated heterocycles. The van der Waals surface area contributed by atoms with Crippen molar-refractivity contribution in [3.05, 3.63) is 59.1 Å². The fourth-order valence-corrected chi connectivity index (χ4v) is 3.70. The molecule has 0 aromatic heterocycles. The Morgan fingerprint density at radius 3 is 2.16 bits per heavy atom. The van der Waals surface area contributed by atoms with Crippen LogP contribution in [0.5, 0.6) is 0 Å². The third-order valence-electron chi connectivity index (χ3n) is 5.54. The first-order valence-electron chi connectivity index (χ1n) is 10.4. The second-order valence-electron chi connectivity index (χ2n) is 8.01. The lowest BCUT2D eigenvalue weighted by Crippen LogP contribution is -2.49. The molecule has 2 aromatic carbocycles. The van der Waals surface area contributed by atoms with Gasteiger partial charge in [0.25, 0.3) is 0 Å². The van der Waals surface area contributed by atoms with Crippen LogP contribution in [0.2, 0.25) is 5.02 Å². The second kappa shape index (κ2) is 10.6. The summed E-state index contributed by atoms with van der Waals surface area (Å²) in [6.07, 6.45) is 0. The number of halogens is 1. The Labute approximate surface area is 189 Å². The van der Waals surface area contributed by atoms with Crippen molar-refractivity contribution in [2.24, 2.45) is 0 Å². The summed E-state index contributed by atoms with van der Waals surface area (Å²) in [6, 6.07) is 15.0. The van der Waals surface area contributed by atoms with Gasteiger partial charge < -0.3 is 20.4 Å². The molecular formula is C23H30ClN5O2. The standard InChI is InChI=1S/C23H30ClN5O2/c1-27(2)20-10-4-17(5-11-20)21(29-14-12-28(3)13-15-29)16-25-22(30)23(31)26-19-8-6-18(24)7-9-19/h4-11,21H,12-16H2,1-3H3,(H,25,30)(H,26,31). The minimum Gasteiger partial charge on any atom is -0.378 e. The molecule has 31 heavy (non-hydrogen) atoms. The number of anilines is 2. The predicted molar refractivity (Wildman–Crippen MR) is 126 cm³/mol. The number of carbonyl (C=O) groups is 2. The number of piperazine rings is 1. The van der Waals surface area contributed by atoms with Crippen LogP contribution in [0.3, 0.4) is 0 Å². The largest absolute Gasteiger partial charge is 0.378 e. The lowest BCUT2D eigenvalue weighted by atomic mass is 10.0. The summed E-state index contributed by atoms with van der Waals surface area (Å²) >= 11 is 5.86. The summed E-state index contributed by atoms with van der Waals surface area (Å²) in [5, 5.41) is 5.99. The molecule has 166 valence electrons. The first-order chi connectivity index (χ1) is 14.8. The molecule has 0 aliphatic carbocycles. The molecule has 1 aliphatic heterocycles. The highest BCUT2D eigenvalue weighted by atomic mass is 35.5. The Morgan fingerprint density at radius 2 is 1.58 bits per heavy atom. The monoisotopic (exact) mass is 443 g/mol. The summed E-state index contributed by atoms with van der Waals surface area (Å²) in [6.45, 7) is 4.11. The van der Waals surface area contributed by atoms with Crippen molar-refractivity contribution in [3.8, 4) is 0 Å². The van der Waals surface area contributed by atoms with E-state index < -0.39 is 11.8 Å². The number of nitrogens with one attached hydrogen (secondary N) is 2. The minimum absolute atomic E-state index is 0.00260. The molecule has 1 unspecified atom stereocenters. The van der Waals surface area contributed by atoms with Crippen molar-refractivity contribution in [1.82, 2.24) is 15.1 Å². The van der Waals surface area contributed by atoms with Gasteiger partial charge in [0.05, 0.1) is 6.04 Å². The Kier molecular flexibility index (Phi) is 7.90. The summed E-state index contributed by atoms with van der Waals surface area (Å²) in [5.41, 5.74) is 2.76. The third kappa shape index (κ3) is 6.43. The number of amides is 2. The smallest absolute Gasteiger partial charge is 0.313 e. The number of carbonyl (C=O) groups excluding carboxylic acids is 2. The van der Waals surface area contributed by atoms with Crippen LogP contribution in [-0.2, 0) is 9.59 Å². The maximum Gasteiger partial charge on any atom is 0.313 e. The average Bonchev–Trinajstić information content (AvgIpc) is 2.76. The molecule has 1 atom stereocenters. The zero-order valence-electron chi connectivity index (χ0n) is 18.3. The number of rotatable bonds is 6. The molecule has 0 bridgehead atoms. The molecule has 0 spiro atoms. The number of hydrogen-bond acceptors (Lipinski definition) is 5. The molecule has 1 heterocycles. The lowest BCUT2D eigenvalue weighted by Gasteiger charge is -2.38. The zero-order valence-corrected chi connectivity index (χ0v) is 19.0. The van der Waals surface area contributed by atoms with Crippen molar-refractivity contribution < 1.29 is 9.59 Å². The summed E-state index contributed by atoms with van der Waals surface area (Å²) in [5.74, 6) is -1.35. The topological polar surface area (TPSA) is 67.9 Å². The van der Waals surface area contributed by atoms with Crippen LogP contribution < -0.4 is 15.5 Å². The number of hydrogen-bond donors (Lipinski definition) is 2. The highest BCUT2D eigenvalue weighted by molar-refractivity contribution is 6.39. The normalized spacial score (nSPS) is 15.9. The van der Waals surface area contributed by atoms with E-state index in [1.165, 1.54) is 0 Å². The van der Waals surface area contributed by atoms with Gasteiger partial charge in [0, 0.05) is 63.2 Å². The minimum atomic E-state index is -0.692. The third-order valence-corrected chi connectivity index (χ3v) is 5.79. The fourth-order valence-electron chi connectivity index (χ4n) is 3.58. The van der Waals surface area contributed by atoms with E-state index in [4.69, 9.17) is 11.6 Å². The maximum atomic E-state index is 12.4. The molecule has 0 radical (unpaired) electrons. The van der Waals surface area contributed by atoms with Crippen LogP contribution in [0.4, 0.5) is 11.4 Å². The molecule has 0 saturated carbocycles. The summed E-state index contributed by atoms with van der Waals surface area (Å²) < 4.78 is 0. The first-order valence-corrected chi connectivity index (χ1v) is 10.8. The Morgan fingerprint density at radius 1 is 0.968 bits per heavy atom. The highest BCUT2D eigenvalue weighted by Crippen LogP contribution is 2.24. The van der Waals surface area contributed by atoms with E-state index in [0.29, 0.717) is 17.3 Å². The van der Waals surface area contributed by atoms with Crippen molar-refractivity contribution in [1.29, 1.82) is 0 Å². The number of nitrogens with zero attached hydrogens (tertiary/aromatic N) is 3. The van der Waals surface area contributed by atoms with Gasteiger partial charge in [0.2, 0.25) is 0 Å². The van der Waals surface area contributed by atoms with E-state index in [1.807, 2.05) is 14.1 Å². The zero-order chi connectivity index (χ0) is 22.4. The summed E-state index contributed by atoms with van der Waals surface area (Å²) in [7, 11) is 6.13. The molecule has 1 aliphatic rings. The van der Waals surface area contributed by atoms with Gasteiger partial charge in [-0.1, -0.05) is 23.7 Å². The molecule has 8 heteroatoms. The SMILES string of the molecule is CN1CCN(C(CNC(=O)C(=O)Nc2ccc(Cl)cc2)c2ccc(N(C)C)cc2)CC1. The van der Waals surface area contributed by atoms with Crippen LogP contribution in [-0.4, -0.2) is 75.5 Å². The molecular weight excluding hydrogens is 414 g/mol. The van der Waals surface area contributed by atoms with Gasteiger partial charge in [-0.05, 0) is 49.0 Å². The lowest BCUT2D eigenvalue weighted by molar-refractivity contribution is -0.136. The Balaban J connectivity index is 1.66. The van der Waals surface area contributed by atoms with E-state index in [9.17, 15) is 9.59 Å². The molecule has 2 amide bonds.